The topological polar surface area (TPSA) is 104 Å². The van der Waals surface area contributed by atoms with Gasteiger partial charge in [0.25, 0.3) is 5.56 Å². The van der Waals surface area contributed by atoms with Crippen LogP contribution in [0.3, 0.4) is 0 Å². The maximum Gasteiger partial charge on any atom is 0.261 e. The summed E-state index contributed by atoms with van der Waals surface area (Å²) >= 11 is 6.11. The molecule has 1 amide bonds. The highest BCUT2D eigenvalue weighted by atomic mass is 35.5. The summed E-state index contributed by atoms with van der Waals surface area (Å²) in [5, 5.41) is 11.5. The van der Waals surface area contributed by atoms with Crippen LogP contribution >= 0.6 is 11.6 Å². The zero-order valence-corrected chi connectivity index (χ0v) is 28.8. The maximum atomic E-state index is 14.1. The van der Waals surface area contributed by atoms with Gasteiger partial charge in [-0.25, -0.2) is 9.98 Å². The van der Waals surface area contributed by atoms with Gasteiger partial charge >= 0.3 is 0 Å². The quantitative estimate of drug-likeness (QED) is 0.242. The van der Waals surface area contributed by atoms with Gasteiger partial charge in [0.05, 0.1) is 23.5 Å². The molecule has 2 aliphatic heterocycles. The number of rotatable bonds is 6. The van der Waals surface area contributed by atoms with Crippen molar-refractivity contribution in [2.75, 3.05) is 31.5 Å². The van der Waals surface area contributed by atoms with Crippen LogP contribution in [0.2, 0.25) is 5.02 Å². The molecular formula is C37H48ClN7O2. The lowest BCUT2D eigenvalue weighted by Crippen LogP contribution is -2.58. The number of guanidine groups is 1. The highest BCUT2D eigenvalue weighted by Crippen LogP contribution is 2.61. The molecular weight excluding hydrogens is 610 g/mol. The molecule has 1 aromatic heterocycles. The number of hydrogen-bond donors (Lipinski definition) is 3. The van der Waals surface area contributed by atoms with E-state index in [0.29, 0.717) is 52.2 Å². The van der Waals surface area contributed by atoms with Crippen LogP contribution < -0.4 is 21.5 Å². The van der Waals surface area contributed by atoms with Gasteiger partial charge in [-0.2, -0.15) is 0 Å². The van der Waals surface area contributed by atoms with E-state index in [1.807, 2.05) is 54.0 Å². The molecule has 8 rings (SSSR count). The average molecular weight is 658 g/mol. The molecule has 2 saturated heterocycles. The molecule has 2 aromatic carbocycles. The van der Waals surface area contributed by atoms with Crippen LogP contribution in [0.1, 0.15) is 70.7 Å². The maximum absolute atomic E-state index is 14.1. The van der Waals surface area contributed by atoms with Gasteiger partial charge < -0.3 is 20.9 Å². The second kappa shape index (κ2) is 12.9. The summed E-state index contributed by atoms with van der Waals surface area (Å²) in [6.45, 7) is 12.5. The third-order valence-electron chi connectivity index (χ3n) is 11.6. The monoisotopic (exact) mass is 657 g/mol. The minimum atomic E-state index is -0.00984. The number of aromatic nitrogens is 2. The number of anilines is 1. The van der Waals surface area contributed by atoms with Crippen LogP contribution in [-0.2, 0) is 17.8 Å². The Hall–Kier alpha value is -3.43. The van der Waals surface area contributed by atoms with Gasteiger partial charge in [-0.1, -0.05) is 44.5 Å². The predicted molar refractivity (Wildman–Crippen MR) is 189 cm³/mol. The first-order valence-electron chi connectivity index (χ1n) is 17.5. The zero-order chi connectivity index (χ0) is 32.9. The van der Waals surface area contributed by atoms with Crippen molar-refractivity contribution in [2.24, 2.45) is 28.2 Å². The molecule has 0 radical (unpaired) electrons. The first kappa shape index (κ1) is 32.1. The first-order chi connectivity index (χ1) is 22.6. The van der Waals surface area contributed by atoms with Gasteiger partial charge in [0.15, 0.2) is 5.96 Å². The molecule has 3 heterocycles. The van der Waals surface area contributed by atoms with E-state index in [1.54, 1.807) is 0 Å². The second-order valence-corrected chi connectivity index (χ2v) is 15.5. The molecule has 5 fully saturated rings. The smallest absolute Gasteiger partial charge is 0.261 e. The fourth-order valence-corrected chi connectivity index (χ4v) is 8.80. The van der Waals surface area contributed by atoms with Gasteiger partial charge in [0, 0.05) is 42.3 Å². The molecule has 3 aromatic rings. The van der Waals surface area contributed by atoms with Crippen molar-refractivity contribution >= 4 is 40.1 Å². The zero-order valence-electron chi connectivity index (χ0n) is 28.1. The summed E-state index contributed by atoms with van der Waals surface area (Å²) in [7, 11) is 0. The van der Waals surface area contributed by atoms with Crippen molar-refractivity contribution in [3.63, 3.8) is 0 Å². The summed E-state index contributed by atoms with van der Waals surface area (Å²) in [5.74, 6) is 3.56. The standard InChI is InChI=1S/C37H48ClN7O2/c1-22-20-44(21-33(46)40-22)36(43-31-17-26-16-30(23(31)2)37(26,3)4)41-28-11-12-29-32(18-28)42-34(25-6-5-14-39-19-25)45(35(29)47)15-13-24-7-9-27(38)10-8-24/h7-12,18,22-23,25-26,30-31,39H,5-6,13-17,19-21H2,1-4H3,(H,40,46)(H,41,43)/t22-,23-,25?,26-,30+,31?/m0/s1. The Bertz CT molecular complexity index is 1730. The number of nitrogens with one attached hydrogen (secondary N) is 3. The molecule has 5 aliphatic rings. The molecule has 6 atom stereocenters. The van der Waals surface area contributed by atoms with Gasteiger partial charge in [-0.05, 0) is 105 Å². The fraction of sp³-hybridized carbons (Fsp3) is 0.568. The Morgan fingerprint density at radius 2 is 1.94 bits per heavy atom. The number of fused-ring (bicyclic) bond motifs is 3. The SMILES string of the molecule is C[C@@H]1C(N=C(Nc2ccc3c(=O)n(CCc4ccc(Cl)cc4)c(C4CCCNC4)nc3c2)N2CC(=O)N[C@@H](C)C2)C[C@@H]2C[C@H]1C2(C)C. The first-order valence-corrected chi connectivity index (χ1v) is 17.8. The molecule has 3 saturated carbocycles. The number of aryl methyl sites for hydroxylation is 1. The van der Waals surface area contributed by atoms with Crippen molar-refractivity contribution in [3.8, 4) is 0 Å². The number of amides is 1. The Kier molecular flexibility index (Phi) is 8.81. The molecule has 2 unspecified atom stereocenters. The number of aliphatic imine (C=N–C) groups is 1. The molecule has 3 N–H and O–H groups in total. The molecule has 250 valence electrons. The van der Waals surface area contributed by atoms with E-state index in [-0.39, 0.29) is 36.0 Å². The number of carbonyl (C=O) groups is 1. The number of hydrogen-bond acceptors (Lipinski definition) is 5. The third kappa shape index (κ3) is 6.41. The molecule has 0 spiro atoms. The van der Waals surface area contributed by atoms with E-state index in [2.05, 4.69) is 41.6 Å². The van der Waals surface area contributed by atoms with Gasteiger partial charge in [0.1, 0.15) is 5.82 Å². The van der Waals surface area contributed by atoms with Crippen LogP contribution in [0.15, 0.2) is 52.3 Å². The molecule has 9 nitrogen and oxygen atoms in total. The van der Waals surface area contributed by atoms with E-state index in [4.69, 9.17) is 21.6 Å². The van der Waals surface area contributed by atoms with Crippen LogP contribution in [-0.4, -0.2) is 64.6 Å². The number of piperidine rings is 1. The summed E-state index contributed by atoms with van der Waals surface area (Å²) in [6, 6.07) is 13.9. The van der Waals surface area contributed by atoms with E-state index in [0.717, 1.165) is 61.8 Å². The summed E-state index contributed by atoms with van der Waals surface area (Å²) in [6.07, 6.45) is 5.13. The molecule has 3 aliphatic carbocycles. The summed E-state index contributed by atoms with van der Waals surface area (Å²) in [5.41, 5.74) is 3.00. The van der Waals surface area contributed by atoms with E-state index < -0.39 is 0 Å². The van der Waals surface area contributed by atoms with E-state index in [9.17, 15) is 9.59 Å². The molecule has 10 heteroatoms. The Morgan fingerprint density at radius 3 is 2.64 bits per heavy atom. The van der Waals surface area contributed by atoms with Crippen LogP contribution in [0.4, 0.5) is 5.69 Å². The van der Waals surface area contributed by atoms with Gasteiger partial charge in [-0.3, -0.25) is 14.2 Å². The van der Waals surface area contributed by atoms with Crippen LogP contribution in [0, 0.1) is 23.2 Å². The highest BCUT2D eigenvalue weighted by molar-refractivity contribution is 6.30. The lowest BCUT2D eigenvalue weighted by molar-refractivity contribution is -0.124. The fourth-order valence-electron chi connectivity index (χ4n) is 8.68. The van der Waals surface area contributed by atoms with Gasteiger partial charge in [-0.15, -0.1) is 0 Å². The van der Waals surface area contributed by atoms with Crippen LogP contribution in [0.5, 0.6) is 0 Å². The van der Waals surface area contributed by atoms with Crippen molar-refractivity contribution in [3.05, 3.63) is 69.2 Å². The van der Waals surface area contributed by atoms with Gasteiger partial charge in [0.2, 0.25) is 5.91 Å². The lowest BCUT2D eigenvalue weighted by atomic mass is 9.45. The average Bonchev–Trinajstić information content (AvgIpc) is 3.05. The van der Waals surface area contributed by atoms with Crippen molar-refractivity contribution in [1.82, 2.24) is 25.1 Å². The third-order valence-corrected chi connectivity index (χ3v) is 11.8. The number of carbonyl (C=O) groups excluding carboxylic acids is 1. The Balaban J connectivity index is 1.22. The van der Waals surface area contributed by atoms with E-state index >= 15 is 0 Å². The number of halogens is 1. The van der Waals surface area contributed by atoms with E-state index in [1.165, 1.54) is 6.42 Å². The van der Waals surface area contributed by atoms with Crippen molar-refractivity contribution < 1.29 is 4.79 Å². The van der Waals surface area contributed by atoms with Crippen molar-refractivity contribution in [2.45, 2.75) is 84.3 Å². The predicted octanol–water partition coefficient (Wildman–Crippen LogP) is 5.42. The van der Waals surface area contributed by atoms with Crippen LogP contribution in [0.25, 0.3) is 10.9 Å². The lowest BCUT2D eigenvalue weighted by Gasteiger charge is -2.61. The number of nitrogens with zero attached hydrogens (tertiary/aromatic N) is 4. The second-order valence-electron chi connectivity index (χ2n) is 15.0. The normalized spacial score (nSPS) is 28.9. The minimum absolute atomic E-state index is 0.00369. The Labute approximate surface area is 282 Å². The largest absolute Gasteiger partial charge is 0.350 e. The van der Waals surface area contributed by atoms with Crippen molar-refractivity contribution in [1.29, 1.82) is 0 Å². The summed E-state index contributed by atoms with van der Waals surface area (Å²) < 4.78 is 1.89. The number of benzene rings is 2. The molecule has 47 heavy (non-hydrogen) atoms. The summed E-state index contributed by atoms with van der Waals surface area (Å²) in [4.78, 5) is 39.4. The number of piperazine rings is 1. The molecule has 2 bridgehead atoms. The Morgan fingerprint density at radius 1 is 1.13 bits per heavy atom. The highest BCUT2D eigenvalue weighted by Gasteiger charge is 2.56. The minimum Gasteiger partial charge on any atom is -0.350 e.